The number of carbonyl (C=O) groups is 3. The molecule has 0 radical (unpaired) electrons. The molecule has 0 saturated carbocycles. The van der Waals surface area contributed by atoms with Crippen LogP contribution in [0.5, 0.6) is 0 Å². The van der Waals surface area contributed by atoms with Crippen molar-refractivity contribution < 1.29 is 27.5 Å². The molecule has 2 rings (SSSR count). The third-order valence-corrected chi connectivity index (χ3v) is 6.98. The van der Waals surface area contributed by atoms with Crippen LogP contribution in [0, 0.1) is 5.92 Å². The number of amides is 3. The van der Waals surface area contributed by atoms with E-state index in [1.807, 2.05) is 5.32 Å². The Balaban J connectivity index is 1.88. The van der Waals surface area contributed by atoms with Gasteiger partial charge in [0.05, 0.1) is 5.92 Å². The van der Waals surface area contributed by atoms with Gasteiger partial charge in [0.1, 0.15) is 4.21 Å². The molecule has 9 nitrogen and oxygen atoms in total. The normalized spacial score (nSPS) is 18.1. The van der Waals surface area contributed by atoms with Gasteiger partial charge in [0.15, 0.2) is 6.61 Å². The number of hydrogen-bond acceptors (Lipinski definition) is 7. The summed E-state index contributed by atoms with van der Waals surface area (Å²) in [4.78, 5) is 34.9. The lowest BCUT2D eigenvalue weighted by Crippen LogP contribution is -2.44. The van der Waals surface area contributed by atoms with E-state index >= 15 is 0 Å². The highest BCUT2D eigenvalue weighted by Crippen LogP contribution is 2.26. The summed E-state index contributed by atoms with van der Waals surface area (Å²) >= 11 is 1.12. The highest BCUT2D eigenvalue weighted by molar-refractivity contribution is 7.91. The molecular formula is C15H21N3O6S2. The fraction of sp³-hybridized carbons (Fsp3) is 0.533. The Bertz CT molecular complexity index is 747. The van der Waals surface area contributed by atoms with Gasteiger partial charge in [0.25, 0.3) is 15.9 Å². The monoisotopic (exact) mass is 403 g/mol. The van der Waals surface area contributed by atoms with E-state index in [1.54, 1.807) is 18.4 Å². The van der Waals surface area contributed by atoms with Crippen LogP contribution in [-0.2, 0) is 24.3 Å². The summed E-state index contributed by atoms with van der Waals surface area (Å²) in [7, 11) is -3.63. The number of urea groups is 1. The number of hydrogen-bond donors (Lipinski definition) is 2. The van der Waals surface area contributed by atoms with Crippen molar-refractivity contribution in [2.24, 2.45) is 5.92 Å². The Hall–Kier alpha value is -1.98. The Kier molecular flexibility index (Phi) is 7.12. The van der Waals surface area contributed by atoms with Gasteiger partial charge in [-0.2, -0.15) is 4.31 Å². The SMILES string of the molecule is CCNC(=O)NC(=O)COC(=O)C1CCCN(S(=O)(=O)c2cccs2)C1. The van der Waals surface area contributed by atoms with E-state index < -0.39 is 40.5 Å². The maximum atomic E-state index is 12.5. The van der Waals surface area contributed by atoms with Gasteiger partial charge >= 0.3 is 12.0 Å². The molecule has 1 aromatic heterocycles. The number of carbonyl (C=O) groups excluding carboxylic acids is 3. The molecule has 0 bridgehead atoms. The van der Waals surface area contributed by atoms with Crippen molar-refractivity contribution >= 4 is 39.3 Å². The number of rotatable bonds is 6. The molecule has 0 aliphatic carbocycles. The summed E-state index contributed by atoms with van der Waals surface area (Å²) in [6.45, 7) is 1.81. The minimum Gasteiger partial charge on any atom is -0.455 e. The zero-order valence-corrected chi connectivity index (χ0v) is 15.9. The Morgan fingerprint density at radius 1 is 1.38 bits per heavy atom. The van der Waals surface area contributed by atoms with E-state index in [-0.39, 0.29) is 10.8 Å². The fourth-order valence-corrected chi connectivity index (χ4v) is 5.18. The highest BCUT2D eigenvalue weighted by atomic mass is 32.2. The minimum absolute atomic E-state index is 0.0109. The topological polar surface area (TPSA) is 122 Å². The van der Waals surface area contributed by atoms with Crippen molar-refractivity contribution in [3.63, 3.8) is 0 Å². The molecule has 0 spiro atoms. The van der Waals surface area contributed by atoms with Crippen molar-refractivity contribution in [1.29, 1.82) is 0 Å². The third kappa shape index (κ3) is 5.26. The molecule has 26 heavy (non-hydrogen) atoms. The van der Waals surface area contributed by atoms with Crippen LogP contribution < -0.4 is 10.6 Å². The highest BCUT2D eigenvalue weighted by Gasteiger charge is 2.34. The van der Waals surface area contributed by atoms with E-state index in [9.17, 15) is 22.8 Å². The number of nitrogens with zero attached hydrogens (tertiary/aromatic N) is 1. The Morgan fingerprint density at radius 3 is 2.81 bits per heavy atom. The lowest BCUT2D eigenvalue weighted by Gasteiger charge is -2.30. The van der Waals surface area contributed by atoms with Gasteiger partial charge in [0, 0.05) is 19.6 Å². The molecule has 1 aromatic rings. The molecule has 11 heteroatoms. The minimum atomic E-state index is -3.63. The number of piperidine rings is 1. The van der Waals surface area contributed by atoms with Crippen LogP contribution in [0.4, 0.5) is 4.79 Å². The first-order valence-corrected chi connectivity index (χ1v) is 10.4. The average molecular weight is 403 g/mol. The van der Waals surface area contributed by atoms with Gasteiger partial charge < -0.3 is 10.1 Å². The molecule has 1 unspecified atom stereocenters. The second-order valence-electron chi connectivity index (χ2n) is 5.65. The van der Waals surface area contributed by atoms with Crippen molar-refractivity contribution in [3.05, 3.63) is 17.5 Å². The summed E-state index contributed by atoms with van der Waals surface area (Å²) in [5.74, 6) is -2.04. The molecule has 1 aliphatic heterocycles. The van der Waals surface area contributed by atoms with E-state index in [0.29, 0.717) is 25.9 Å². The van der Waals surface area contributed by atoms with Crippen LogP contribution in [0.3, 0.4) is 0 Å². The van der Waals surface area contributed by atoms with Crippen LogP contribution in [0.25, 0.3) is 0 Å². The summed E-state index contributed by atoms with van der Waals surface area (Å²) in [5, 5.41) is 6.08. The van der Waals surface area contributed by atoms with Crippen molar-refractivity contribution in [2.45, 2.75) is 24.0 Å². The van der Waals surface area contributed by atoms with E-state index in [1.165, 1.54) is 10.4 Å². The number of imide groups is 1. The average Bonchev–Trinajstić information content (AvgIpc) is 3.15. The zero-order valence-electron chi connectivity index (χ0n) is 14.3. The predicted octanol–water partition coefficient (Wildman–Crippen LogP) is 0.538. The molecule has 0 aromatic carbocycles. The molecule has 1 saturated heterocycles. The largest absolute Gasteiger partial charge is 0.455 e. The molecular weight excluding hydrogens is 382 g/mol. The molecule has 2 heterocycles. The van der Waals surface area contributed by atoms with Gasteiger partial charge in [-0.25, -0.2) is 13.2 Å². The molecule has 1 aliphatic rings. The number of thiophene rings is 1. The summed E-state index contributed by atoms with van der Waals surface area (Å²) in [6, 6.07) is 2.51. The molecule has 144 valence electrons. The standard InChI is InChI=1S/C15H21N3O6S2/c1-2-16-15(21)17-12(19)10-24-14(20)11-5-3-7-18(9-11)26(22,23)13-6-4-8-25-13/h4,6,8,11H,2-3,5,7,9-10H2,1H3,(H2,16,17,19,21). The Morgan fingerprint density at radius 2 is 2.15 bits per heavy atom. The first-order chi connectivity index (χ1) is 12.3. The van der Waals surface area contributed by atoms with Gasteiger partial charge in [-0.15, -0.1) is 11.3 Å². The summed E-state index contributed by atoms with van der Waals surface area (Å²) in [5.41, 5.74) is 0. The van der Waals surface area contributed by atoms with E-state index in [2.05, 4.69) is 5.32 Å². The van der Waals surface area contributed by atoms with E-state index in [4.69, 9.17) is 4.74 Å². The number of esters is 1. The predicted molar refractivity (Wildman–Crippen MR) is 94.0 cm³/mol. The van der Waals surface area contributed by atoms with Crippen LogP contribution in [0.1, 0.15) is 19.8 Å². The fourth-order valence-electron chi connectivity index (χ4n) is 2.51. The van der Waals surface area contributed by atoms with Gasteiger partial charge in [0.2, 0.25) is 0 Å². The van der Waals surface area contributed by atoms with Crippen LogP contribution >= 0.6 is 11.3 Å². The molecule has 3 amide bonds. The Labute approximate surface area is 155 Å². The van der Waals surface area contributed by atoms with Gasteiger partial charge in [-0.3, -0.25) is 14.9 Å². The quantitative estimate of drug-likeness (QED) is 0.669. The molecule has 2 N–H and O–H groups in total. The van der Waals surface area contributed by atoms with Gasteiger partial charge in [-0.05, 0) is 31.2 Å². The number of sulfonamides is 1. The van der Waals surface area contributed by atoms with Crippen LogP contribution in [0.15, 0.2) is 21.7 Å². The lowest BCUT2D eigenvalue weighted by molar-refractivity contribution is -0.153. The van der Waals surface area contributed by atoms with Crippen LogP contribution in [-0.4, -0.2) is 56.9 Å². The third-order valence-electron chi connectivity index (χ3n) is 3.74. The van der Waals surface area contributed by atoms with E-state index in [0.717, 1.165) is 11.3 Å². The number of ether oxygens (including phenoxy) is 1. The maximum Gasteiger partial charge on any atom is 0.321 e. The second kappa shape index (κ2) is 9.10. The second-order valence-corrected chi connectivity index (χ2v) is 8.76. The molecule has 1 atom stereocenters. The lowest BCUT2D eigenvalue weighted by atomic mass is 10.0. The zero-order chi connectivity index (χ0) is 19.2. The van der Waals surface area contributed by atoms with Gasteiger partial charge in [-0.1, -0.05) is 6.07 Å². The maximum absolute atomic E-state index is 12.5. The van der Waals surface area contributed by atoms with Crippen molar-refractivity contribution in [3.8, 4) is 0 Å². The molecule has 1 fully saturated rings. The van der Waals surface area contributed by atoms with Crippen LogP contribution in [0.2, 0.25) is 0 Å². The van der Waals surface area contributed by atoms with Crippen molar-refractivity contribution in [2.75, 3.05) is 26.2 Å². The number of nitrogens with one attached hydrogen (secondary N) is 2. The summed E-state index contributed by atoms with van der Waals surface area (Å²) < 4.78 is 31.5. The first kappa shape index (κ1) is 20.3. The summed E-state index contributed by atoms with van der Waals surface area (Å²) in [6.07, 6.45) is 1.00. The van der Waals surface area contributed by atoms with Crippen molar-refractivity contribution in [1.82, 2.24) is 14.9 Å². The first-order valence-electron chi connectivity index (χ1n) is 8.12. The smallest absolute Gasteiger partial charge is 0.321 e.